The summed E-state index contributed by atoms with van der Waals surface area (Å²) in [5.74, 6) is -0.460. The van der Waals surface area contributed by atoms with Crippen molar-refractivity contribution in [1.82, 2.24) is 5.32 Å². The number of amides is 1. The Kier molecular flexibility index (Phi) is 5.13. The lowest BCUT2D eigenvalue weighted by Crippen LogP contribution is -2.22. The third-order valence-corrected chi connectivity index (χ3v) is 3.60. The van der Waals surface area contributed by atoms with Gasteiger partial charge in [0.15, 0.2) is 0 Å². The maximum absolute atomic E-state index is 10.9. The first-order chi connectivity index (χ1) is 8.29. The number of hydrogen-bond acceptors (Lipinski definition) is 4. The number of halogens is 1. The summed E-state index contributed by atoms with van der Waals surface area (Å²) in [5.41, 5.74) is 6.26. The standard InChI is InChI=1S/C11H15ClN2O3S/c1-18(16,17)5-4-14-7-9-3-2-8(11(13)15)6-10(9)12/h2-3,6,14H,4-5,7H2,1H3,(H2,13,15). The van der Waals surface area contributed by atoms with Crippen LogP contribution in [0.1, 0.15) is 15.9 Å². The highest BCUT2D eigenvalue weighted by Gasteiger charge is 2.06. The monoisotopic (exact) mass is 290 g/mol. The van der Waals surface area contributed by atoms with Gasteiger partial charge >= 0.3 is 0 Å². The van der Waals surface area contributed by atoms with Crippen molar-refractivity contribution in [1.29, 1.82) is 0 Å². The number of hydrogen-bond donors (Lipinski definition) is 2. The average molecular weight is 291 g/mol. The second-order valence-corrected chi connectivity index (χ2v) is 6.64. The zero-order valence-corrected chi connectivity index (χ0v) is 11.5. The first-order valence-electron chi connectivity index (χ1n) is 5.26. The Morgan fingerprint density at radius 1 is 1.44 bits per heavy atom. The fraction of sp³-hybridized carbons (Fsp3) is 0.364. The Balaban J connectivity index is 2.56. The number of sulfone groups is 1. The van der Waals surface area contributed by atoms with E-state index in [1.54, 1.807) is 12.1 Å². The molecule has 0 aromatic heterocycles. The van der Waals surface area contributed by atoms with Gasteiger partial charge in [-0.15, -0.1) is 0 Å². The SMILES string of the molecule is CS(=O)(=O)CCNCc1ccc(C(N)=O)cc1Cl. The number of primary amides is 1. The zero-order valence-electron chi connectivity index (χ0n) is 9.94. The van der Waals surface area contributed by atoms with Crippen LogP contribution in [0.4, 0.5) is 0 Å². The third kappa shape index (κ3) is 5.03. The minimum Gasteiger partial charge on any atom is -0.366 e. The van der Waals surface area contributed by atoms with E-state index in [-0.39, 0.29) is 5.75 Å². The molecule has 0 aliphatic heterocycles. The van der Waals surface area contributed by atoms with Gasteiger partial charge in [0.05, 0.1) is 5.75 Å². The minimum atomic E-state index is -2.96. The first kappa shape index (κ1) is 14.9. The van der Waals surface area contributed by atoms with Crippen molar-refractivity contribution in [3.8, 4) is 0 Å². The van der Waals surface area contributed by atoms with Crippen molar-refractivity contribution < 1.29 is 13.2 Å². The molecule has 0 fully saturated rings. The lowest BCUT2D eigenvalue weighted by atomic mass is 10.1. The molecule has 1 aromatic rings. The van der Waals surface area contributed by atoms with Crippen LogP contribution in [0.2, 0.25) is 5.02 Å². The summed E-state index contributed by atoms with van der Waals surface area (Å²) in [6.07, 6.45) is 1.18. The molecule has 0 saturated heterocycles. The van der Waals surface area contributed by atoms with Gasteiger partial charge in [-0.1, -0.05) is 17.7 Å². The number of benzene rings is 1. The highest BCUT2D eigenvalue weighted by molar-refractivity contribution is 7.90. The number of carbonyl (C=O) groups is 1. The fourth-order valence-corrected chi connectivity index (χ4v) is 2.09. The van der Waals surface area contributed by atoms with Gasteiger partial charge in [0.25, 0.3) is 0 Å². The first-order valence-corrected chi connectivity index (χ1v) is 7.70. The lowest BCUT2D eigenvalue weighted by Gasteiger charge is -2.07. The molecule has 1 rings (SSSR count). The Bertz CT molecular complexity index is 543. The molecule has 1 amide bonds. The third-order valence-electron chi connectivity index (χ3n) is 2.30. The van der Waals surface area contributed by atoms with E-state index in [9.17, 15) is 13.2 Å². The second-order valence-electron chi connectivity index (χ2n) is 3.98. The van der Waals surface area contributed by atoms with Crippen molar-refractivity contribution in [2.45, 2.75) is 6.54 Å². The highest BCUT2D eigenvalue weighted by atomic mass is 35.5. The molecule has 18 heavy (non-hydrogen) atoms. The van der Waals surface area contributed by atoms with Crippen molar-refractivity contribution in [3.63, 3.8) is 0 Å². The highest BCUT2D eigenvalue weighted by Crippen LogP contribution is 2.17. The summed E-state index contributed by atoms with van der Waals surface area (Å²) in [5, 5.41) is 3.40. The molecular weight excluding hydrogens is 276 g/mol. The Labute approximate surface area is 111 Å². The smallest absolute Gasteiger partial charge is 0.248 e. The molecular formula is C11H15ClN2O3S. The summed E-state index contributed by atoms with van der Waals surface area (Å²) in [6, 6.07) is 4.77. The molecule has 0 radical (unpaired) electrons. The topological polar surface area (TPSA) is 89.3 Å². The number of nitrogens with two attached hydrogens (primary N) is 1. The van der Waals surface area contributed by atoms with E-state index in [2.05, 4.69) is 5.32 Å². The molecule has 7 heteroatoms. The van der Waals surface area contributed by atoms with Crippen LogP contribution >= 0.6 is 11.6 Å². The van der Waals surface area contributed by atoms with E-state index in [0.717, 1.165) is 5.56 Å². The lowest BCUT2D eigenvalue weighted by molar-refractivity contribution is 0.100. The van der Waals surface area contributed by atoms with Crippen LogP contribution in [0, 0.1) is 0 Å². The quantitative estimate of drug-likeness (QED) is 0.750. The number of rotatable bonds is 6. The van der Waals surface area contributed by atoms with E-state index in [4.69, 9.17) is 17.3 Å². The average Bonchev–Trinajstić information content (AvgIpc) is 2.24. The summed E-state index contributed by atoms with van der Waals surface area (Å²) in [4.78, 5) is 10.9. The molecule has 1 aromatic carbocycles. The van der Waals surface area contributed by atoms with E-state index in [0.29, 0.717) is 23.7 Å². The molecule has 0 aliphatic rings. The zero-order chi connectivity index (χ0) is 13.8. The van der Waals surface area contributed by atoms with Gasteiger partial charge in [0, 0.05) is 29.9 Å². The Morgan fingerprint density at radius 3 is 2.61 bits per heavy atom. The Morgan fingerprint density at radius 2 is 2.11 bits per heavy atom. The van der Waals surface area contributed by atoms with Crippen LogP contribution in [0.15, 0.2) is 18.2 Å². The maximum atomic E-state index is 10.9. The normalized spacial score (nSPS) is 11.4. The largest absolute Gasteiger partial charge is 0.366 e. The van der Waals surface area contributed by atoms with Crippen LogP contribution < -0.4 is 11.1 Å². The molecule has 0 unspecified atom stereocenters. The maximum Gasteiger partial charge on any atom is 0.248 e. The van der Waals surface area contributed by atoms with Gasteiger partial charge in [-0.2, -0.15) is 0 Å². The van der Waals surface area contributed by atoms with Crippen molar-refractivity contribution in [2.24, 2.45) is 5.73 Å². The molecule has 0 spiro atoms. The van der Waals surface area contributed by atoms with Crippen LogP contribution in [-0.2, 0) is 16.4 Å². The van der Waals surface area contributed by atoms with Gasteiger partial charge in [0.1, 0.15) is 9.84 Å². The van der Waals surface area contributed by atoms with Crippen molar-refractivity contribution in [2.75, 3.05) is 18.6 Å². The molecule has 100 valence electrons. The number of nitrogens with one attached hydrogen (secondary N) is 1. The van der Waals surface area contributed by atoms with E-state index >= 15 is 0 Å². The predicted octanol–water partition coefficient (Wildman–Crippen LogP) is 0.573. The number of carbonyl (C=O) groups excluding carboxylic acids is 1. The molecule has 5 nitrogen and oxygen atoms in total. The van der Waals surface area contributed by atoms with Gasteiger partial charge in [0.2, 0.25) is 5.91 Å². The summed E-state index contributed by atoms with van der Waals surface area (Å²) in [7, 11) is -2.96. The molecule has 0 bridgehead atoms. The van der Waals surface area contributed by atoms with Crippen LogP contribution in [0.25, 0.3) is 0 Å². The second kappa shape index (κ2) is 6.17. The predicted molar refractivity (Wildman–Crippen MR) is 71.4 cm³/mol. The summed E-state index contributed by atoms with van der Waals surface area (Å²) < 4.78 is 21.8. The molecule has 0 aliphatic carbocycles. The van der Waals surface area contributed by atoms with E-state index < -0.39 is 15.7 Å². The van der Waals surface area contributed by atoms with E-state index in [1.807, 2.05) is 0 Å². The van der Waals surface area contributed by atoms with Crippen molar-refractivity contribution in [3.05, 3.63) is 34.3 Å². The van der Waals surface area contributed by atoms with Gasteiger partial charge in [-0.3, -0.25) is 4.79 Å². The molecule has 0 heterocycles. The van der Waals surface area contributed by atoms with Crippen LogP contribution in [-0.4, -0.2) is 32.9 Å². The summed E-state index contributed by atoms with van der Waals surface area (Å²) >= 11 is 5.98. The van der Waals surface area contributed by atoms with Gasteiger partial charge in [-0.05, 0) is 17.7 Å². The molecule has 3 N–H and O–H groups in total. The van der Waals surface area contributed by atoms with Gasteiger partial charge in [-0.25, -0.2) is 8.42 Å². The Hall–Kier alpha value is -1.11. The molecule has 0 saturated carbocycles. The van der Waals surface area contributed by atoms with Crippen LogP contribution in [0.3, 0.4) is 0 Å². The molecule has 0 atom stereocenters. The van der Waals surface area contributed by atoms with Crippen LogP contribution in [0.5, 0.6) is 0 Å². The summed E-state index contributed by atoms with van der Waals surface area (Å²) in [6.45, 7) is 0.792. The fourth-order valence-electron chi connectivity index (χ4n) is 1.32. The van der Waals surface area contributed by atoms with Gasteiger partial charge < -0.3 is 11.1 Å². The van der Waals surface area contributed by atoms with Crippen molar-refractivity contribution >= 4 is 27.3 Å². The van der Waals surface area contributed by atoms with E-state index in [1.165, 1.54) is 12.3 Å². The minimum absolute atomic E-state index is 0.0734.